The maximum Gasteiger partial charge on any atom is 0.324 e. The van der Waals surface area contributed by atoms with Crippen LogP contribution in [0.4, 0.5) is 0 Å². The van der Waals surface area contributed by atoms with Gasteiger partial charge in [0.25, 0.3) is 0 Å². The molecular weight excluding hydrogens is 224 g/mol. The number of hydrogen-bond donors (Lipinski definition) is 1. The Hall–Kier alpha value is -1.14. The van der Waals surface area contributed by atoms with Crippen LogP contribution >= 0.6 is 12.4 Å². The molecule has 1 rings (SSSR count). The van der Waals surface area contributed by atoms with Gasteiger partial charge in [-0.2, -0.15) is 0 Å². The lowest BCUT2D eigenvalue weighted by molar-refractivity contribution is -0.144. The standard InChI is InChI=1S/C8H12N2O4.ClH/c1-14-8(13)5(9)4-10-6(11)2-3-7(10)12;/h5H,2-4,9H2,1H3;1H. The number of nitrogens with two attached hydrogens (primary N) is 1. The second kappa shape index (κ2) is 5.67. The van der Waals surface area contributed by atoms with Crippen LogP contribution in [0.5, 0.6) is 0 Å². The van der Waals surface area contributed by atoms with E-state index in [4.69, 9.17) is 5.73 Å². The van der Waals surface area contributed by atoms with Gasteiger partial charge in [0.15, 0.2) is 0 Å². The molecule has 0 saturated carbocycles. The molecule has 0 bridgehead atoms. The molecule has 1 aliphatic heterocycles. The molecule has 0 spiro atoms. The summed E-state index contributed by atoms with van der Waals surface area (Å²) in [6.45, 7) is -0.0929. The zero-order valence-corrected chi connectivity index (χ0v) is 9.08. The molecule has 2 amide bonds. The van der Waals surface area contributed by atoms with E-state index in [2.05, 4.69) is 4.74 Å². The molecule has 6 nitrogen and oxygen atoms in total. The van der Waals surface area contributed by atoms with Gasteiger partial charge in [0.2, 0.25) is 11.8 Å². The molecule has 0 radical (unpaired) electrons. The van der Waals surface area contributed by atoms with Gasteiger partial charge in [-0.3, -0.25) is 19.3 Å². The zero-order chi connectivity index (χ0) is 10.7. The number of likely N-dealkylation sites (tertiary alicyclic amines) is 1. The predicted octanol–water partition coefficient (Wildman–Crippen LogP) is -0.942. The average Bonchev–Trinajstić information content (AvgIpc) is 2.48. The second-order valence-corrected chi connectivity index (χ2v) is 3.03. The molecule has 7 heteroatoms. The Bertz CT molecular complexity index is 266. The number of esters is 1. The van der Waals surface area contributed by atoms with Crippen LogP contribution in [0.1, 0.15) is 12.8 Å². The van der Waals surface area contributed by atoms with Crippen LogP contribution in [0.25, 0.3) is 0 Å². The average molecular weight is 237 g/mol. The van der Waals surface area contributed by atoms with Crippen molar-refractivity contribution >= 4 is 30.2 Å². The van der Waals surface area contributed by atoms with E-state index in [1.165, 1.54) is 7.11 Å². The van der Waals surface area contributed by atoms with Gasteiger partial charge in [-0.05, 0) is 0 Å². The van der Waals surface area contributed by atoms with Crippen molar-refractivity contribution < 1.29 is 19.1 Å². The van der Waals surface area contributed by atoms with E-state index in [1.807, 2.05) is 0 Å². The van der Waals surface area contributed by atoms with Crippen LogP contribution in [0, 0.1) is 0 Å². The Morgan fingerprint density at radius 1 is 1.47 bits per heavy atom. The molecule has 1 heterocycles. The number of halogens is 1. The summed E-state index contributed by atoms with van der Waals surface area (Å²) >= 11 is 0. The Morgan fingerprint density at radius 2 is 1.93 bits per heavy atom. The quantitative estimate of drug-likeness (QED) is 0.505. The molecule has 2 N–H and O–H groups in total. The van der Waals surface area contributed by atoms with E-state index in [-0.39, 0.29) is 43.6 Å². The summed E-state index contributed by atoms with van der Waals surface area (Å²) < 4.78 is 4.38. The monoisotopic (exact) mass is 236 g/mol. The highest BCUT2D eigenvalue weighted by Crippen LogP contribution is 2.11. The maximum atomic E-state index is 11.1. The summed E-state index contributed by atoms with van der Waals surface area (Å²) in [5.74, 6) is -1.19. The number of carbonyl (C=O) groups excluding carboxylic acids is 3. The van der Waals surface area contributed by atoms with Crippen molar-refractivity contribution in [2.75, 3.05) is 13.7 Å². The minimum atomic E-state index is -0.953. The second-order valence-electron chi connectivity index (χ2n) is 3.03. The first kappa shape index (κ1) is 13.9. The van der Waals surface area contributed by atoms with E-state index in [9.17, 15) is 14.4 Å². The number of carbonyl (C=O) groups is 3. The molecule has 0 aromatic heterocycles. The van der Waals surface area contributed by atoms with Crippen LogP contribution in [-0.4, -0.2) is 42.4 Å². The smallest absolute Gasteiger partial charge is 0.324 e. The zero-order valence-electron chi connectivity index (χ0n) is 8.26. The van der Waals surface area contributed by atoms with E-state index >= 15 is 0 Å². The van der Waals surface area contributed by atoms with Gasteiger partial charge in [-0.25, -0.2) is 0 Å². The lowest BCUT2D eigenvalue weighted by atomic mass is 10.3. The first-order chi connectivity index (χ1) is 6.56. The van der Waals surface area contributed by atoms with Crippen molar-refractivity contribution in [3.63, 3.8) is 0 Å². The fraction of sp³-hybridized carbons (Fsp3) is 0.625. The van der Waals surface area contributed by atoms with Gasteiger partial charge < -0.3 is 10.5 Å². The first-order valence-electron chi connectivity index (χ1n) is 4.23. The molecule has 0 aromatic carbocycles. The topological polar surface area (TPSA) is 89.7 Å². The van der Waals surface area contributed by atoms with Crippen molar-refractivity contribution in [1.29, 1.82) is 0 Å². The van der Waals surface area contributed by atoms with Gasteiger partial charge in [-0.1, -0.05) is 0 Å². The van der Waals surface area contributed by atoms with E-state index in [0.29, 0.717) is 0 Å². The van der Waals surface area contributed by atoms with Gasteiger partial charge >= 0.3 is 5.97 Å². The van der Waals surface area contributed by atoms with Crippen molar-refractivity contribution in [3.05, 3.63) is 0 Å². The van der Waals surface area contributed by atoms with Gasteiger partial charge in [0.05, 0.1) is 13.7 Å². The number of amides is 2. The van der Waals surface area contributed by atoms with Gasteiger partial charge in [0, 0.05) is 12.8 Å². The molecule has 0 aliphatic carbocycles. The first-order valence-corrected chi connectivity index (χ1v) is 4.23. The molecule has 1 saturated heterocycles. The predicted molar refractivity (Wildman–Crippen MR) is 53.2 cm³/mol. The summed E-state index contributed by atoms with van der Waals surface area (Å²) in [7, 11) is 1.20. The van der Waals surface area contributed by atoms with Crippen LogP contribution < -0.4 is 5.73 Å². The van der Waals surface area contributed by atoms with Crippen molar-refractivity contribution in [2.24, 2.45) is 5.73 Å². The van der Waals surface area contributed by atoms with E-state index in [1.54, 1.807) is 0 Å². The molecule has 1 atom stereocenters. The Labute approximate surface area is 93.1 Å². The lowest BCUT2D eigenvalue weighted by Gasteiger charge is -2.17. The highest BCUT2D eigenvalue weighted by atomic mass is 35.5. The van der Waals surface area contributed by atoms with Gasteiger partial charge in [-0.15, -0.1) is 12.4 Å². The normalized spacial score (nSPS) is 17.3. The maximum absolute atomic E-state index is 11.1. The van der Waals surface area contributed by atoms with Crippen LogP contribution in [0.3, 0.4) is 0 Å². The Morgan fingerprint density at radius 3 is 2.33 bits per heavy atom. The SMILES string of the molecule is COC(=O)C(N)CN1C(=O)CCC1=O.Cl. The molecular formula is C8H13ClN2O4. The highest BCUT2D eigenvalue weighted by molar-refractivity contribution is 6.02. The fourth-order valence-electron chi connectivity index (χ4n) is 1.25. The van der Waals surface area contributed by atoms with Crippen molar-refractivity contribution in [3.8, 4) is 0 Å². The van der Waals surface area contributed by atoms with Crippen LogP contribution in [0.15, 0.2) is 0 Å². The largest absolute Gasteiger partial charge is 0.468 e. The third-order valence-electron chi connectivity index (χ3n) is 2.04. The summed E-state index contributed by atoms with van der Waals surface area (Å²) in [6, 6.07) is -0.953. The lowest BCUT2D eigenvalue weighted by Crippen LogP contribution is -2.45. The van der Waals surface area contributed by atoms with Crippen molar-refractivity contribution in [2.45, 2.75) is 18.9 Å². The van der Waals surface area contributed by atoms with Crippen LogP contribution in [0.2, 0.25) is 0 Å². The molecule has 1 fully saturated rings. The minimum absolute atomic E-state index is 0. The number of nitrogens with zero attached hydrogens (tertiary/aromatic N) is 1. The summed E-state index contributed by atoms with van der Waals surface area (Å²) in [5, 5.41) is 0. The third kappa shape index (κ3) is 3.17. The number of rotatable bonds is 3. The summed E-state index contributed by atoms with van der Waals surface area (Å²) in [4.78, 5) is 34.2. The number of imide groups is 1. The fourth-order valence-corrected chi connectivity index (χ4v) is 1.25. The minimum Gasteiger partial charge on any atom is -0.468 e. The highest BCUT2D eigenvalue weighted by Gasteiger charge is 2.31. The number of ether oxygens (including phenoxy) is 1. The third-order valence-corrected chi connectivity index (χ3v) is 2.04. The number of methoxy groups -OCH3 is 1. The molecule has 15 heavy (non-hydrogen) atoms. The summed E-state index contributed by atoms with van der Waals surface area (Å²) in [6.07, 6.45) is 0.402. The van der Waals surface area contributed by atoms with E-state index in [0.717, 1.165) is 4.90 Å². The van der Waals surface area contributed by atoms with Crippen molar-refractivity contribution in [1.82, 2.24) is 4.90 Å². The van der Waals surface area contributed by atoms with Gasteiger partial charge in [0.1, 0.15) is 6.04 Å². The van der Waals surface area contributed by atoms with Crippen LogP contribution in [-0.2, 0) is 19.1 Å². The Balaban J connectivity index is 0.00000196. The molecule has 0 aromatic rings. The molecule has 1 aliphatic rings. The molecule has 86 valence electrons. The van der Waals surface area contributed by atoms with E-state index < -0.39 is 12.0 Å². The Kier molecular flexibility index (Phi) is 5.24. The molecule has 1 unspecified atom stereocenters. The number of hydrogen-bond acceptors (Lipinski definition) is 5. The summed E-state index contributed by atoms with van der Waals surface area (Å²) in [5.41, 5.74) is 5.41.